The van der Waals surface area contributed by atoms with Crippen LogP contribution in [0, 0.1) is 0 Å². The zero-order valence-corrected chi connectivity index (χ0v) is 13.9. The molecule has 0 spiro atoms. The van der Waals surface area contributed by atoms with Crippen molar-refractivity contribution in [2.45, 2.75) is 68.3 Å². The minimum atomic E-state index is -1.78. The van der Waals surface area contributed by atoms with Gasteiger partial charge in [-0.2, -0.15) is 0 Å². The zero-order valence-electron chi connectivity index (χ0n) is 13.9. The summed E-state index contributed by atoms with van der Waals surface area (Å²) in [6.07, 6.45) is -15.7. The second kappa shape index (κ2) is 8.84. The number of aliphatic hydroxyl groups excluding tert-OH is 7. The third-order valence-corrected chi connectivity index (χ3v) is 4.26. The van der Waals surface area contributed by atoms with Crippen molar-refractivity contribution < 1.29 is 59.5 Å². The molecule has 26 heavy (non-hydrogen) atoms. The maximum absolute atomic E-state index is 11.1. The fourth-order valence-electron chi connectivity index (χ4n) is 2.88. The van der Waals surface area contributed by atoms with Crippen LogP contribution in [0.2, 0.25) is 0 Å². The van der Waals surface area contributed by atoms with Crippen LogP contribution in [0.1, 0.15) is 6.92 Å². The first-order valence-electron chi connectivity index (χ1n) is 7.96. The Hall–Kier alpha value is -0.930. The summed E-state index contributed by atoms with van der Waals surface area (Å²) in [5, 5.41) is 68.4. The Morgan fingerprint density at radius 3 is 1.96 bits per heavy atom. The lowest BCUT2D eigenvalue weighted by Gasteiger charge is -2.45. The van der Waals surface area contributed by atoms with Gasteiger partial charge in [-0.05, 0) is 0 Å². The minimum absolute atomic E-state index is 0.667. The third-order valence-electron chi connectivity index (χ3n) is 4.26. The first-order chi connectivity index (χ1) is 12.2. The van der Waals surface area contributed by atoms with E-state index in [4.69, 9.17) is 24.1 Å². The molecule has 0 aromatic heterocycles. The average molecular weight is 384 g/mol. The molecule has 0 saturated carbocycles. The highest BCUT2D eigenvalue weighted by atomic mass is 16.7. The van der Waals surface area contributed by atoms with Crippen molar-refractivity contribution in [1.29, 1.82) is 0 Å². The van der Waals surface area contributed by atoms with Crippen LogP contribution >= 0.6 is 0 Å². The minimum Gasteiger partial charge on any atom is -0.457 e. The van der Waals surface area contributed by atoms with E-state index in [1.54, 1.807) is 0 Å². The summed E-state index contributed by atoms with van der Waals surface area (Å²) in [6, 6.07) is 0. The molecule has 0 bridgehead atoms. The molecule has 2 fully saturated rings. The van der Waals surface area contributed by atoms with Crippen molar-refractivity contribution in [3.8, 4) is 0 Å². The average Bonchev–Trinajstić information content (AvgIpc) is 2.60. The van der Waals surface area contributed by atoms with Gasteiger partial charge in [0.2, 0.25) is 0 Å². The quantitative estimate of drug-likeness (QED) is 0.224. The topological polar surface area (TPSA) is 196 Å². The molecule has 2 rings (SSSR count). The van der Waals surface area contributed by atoms with Gasteiger partial charge in [0.1, 0.15) is 42.7 Å². The smallest absolute Gasteiger partial charge is 0.303 e. The predicted molar refractivity (Wildman–Crippen MR) is 78.2 cm³/mol. The predicted octanol–water partition coefficient (Wildman–Crippen LogP) is -4.83. The third kappa shape index (κ3) is 4.31. The van der Waals surface area contributed by atoms with Crippen molar-refractivity contribution in [2.24, 2.45) is 0 Å². The normalized spacial score (nSPS) is 46.8. The van der Waals surface area contributed by atoms with Gasteiger partial charge in [-0.15, -0.1) is 0 Å². The van der Waals surface area contributed by atoms with Crippen molar-refractivity contribution in [2.75, 3.05) is 13.2 Å². The van der Waals surface area contributed by atoms with E-state index in [2.05, 4.69) is 0 Å². The molecule has 0 amide bonds. The Morgan fingerprint density at radius 2 is 1.42 bits per heavy atom. The lowest BCUT2D eigenvalue weighted by Crippen LogP contribution is -2.64. The van der Waals surface area contributed by atoms with Gasteiger partial charge in [-0.25, -0.2) is 0 Å². The molecule has 12 heteroatoms. The van der Waals surface area contributed by atoms with Crippen LogP contribution < -0.4 is 0 Å². The molecular weight excluding hydrogens is 360 g/mol. The molecular formula is C14H24O12. The van der Waals surface area contributed by atoms with Crippen LogP contribution in [0.5, 0.6) is 0 Å². The van der Waals surface area contributed by atoms with Crippen molar-refractivity contribution in [1.82, 2.24) is 0 Å². The maximum atomic E-state index is 11.1. The number of rotatable bonds is 5. The molecule has 152 valence electrons. The fraction of sp³-hybridized carbons (Fsp3) is 0.929. The number of hydrogen-bond acceptors (Lipinski definition) is 12. The summed E-state index contributed by atoms with van der Waals surface area (Å²) in [5.74, 6) is -0.771. The van der Waals surface area contributed by atoms with E-state index in [1.807, 2.05) is 0 Å². The molecule has 2 aliphatic heterocycles. The molecule has 10 atom stereocenters. The SMILES string of the molecule is CC(=O)O[C@@H]1C(CO)O[C@@H](O[C@H]2C(O)[C@H](O)C(CO)O[C@H]2O)[C@@H](O)C1O. The molecule has 0 aromatic rings. The Labute approximate surface area is 148 Å². The number of carbonyl (C=O) groups is 1. The number of aliphatic hydroxyl groups is 7. The van der Waals surface area contributed by atoms with Gasteiger partial charge in [-0.3, -0.25) is 4.79 Å². The van der Waals surface area contributed by atoms with E-state index < -0.39 is 80.6 Å². The molecule has 7 N–H and O–H groups in total. The Morgan fingerprint density at radius 1 is 0.846 bits per heavy atom. The summed E-state index contributed by atoms with van der Waals surface area (Å²) in [6.45, 7) is -0.288. The highest BCUT2D eigenvalue weighted by molar-refractivity contribution is 5.66. The summed E-state index contributed by atoms with van der Waals surface area (Å²) in [7, 11) is 0. The monoisotopic (exact) mass is 384 g/mol. The number of esters is 1. The van der Waals surface area contributed by atoms with Gasteiger partial charge in [0.15, 0.2) is 18.7 Å². The van der Waals surface area contributed by atoms with Crippen LogP contribution in [0.25, 0.3) is 0 Å². The highest BCUT2D eigenvalue weighted by Crippen LogP contribution is 2.29. The fourth-order valence-corrected chi connectivity index (χ4v) is 2.88. The second-order valence-electron chi connectivity index (χ2n) is 6.11. The lowest BCUT2D eigenvalue weighted by atomic mass is 9.97. The second-order valence-corrected chi connectivity index (χ2v) is 6.11. The van der Waals surface area contributed by atoms with E-state index in [1.165, 1.54) is 0 Å². The van der Waals surface area contributed by atoms with Crippen molar-refractivity contribution in [3.05, 3.63) is 0 Å². The van der Waals surface area contributed by atoms with Crippen molar-refractivity contribution in [3.63, 3.8) is 0 Å². The van der Waals surface area contributed by atoms with Crippen LogP contribution in [-0.2, 0) is 23.7 Å². The Balaban J connectivity index is 2.10. The van der Waals surface area contributed by atoms with E-state index in [0.717, 1.165) is 6.92 Å². The Kier molecular flexibility index (Phi) is 7.27. The first kappa shape index (κ1) is 21.4. The van der Waals surface area contributed by atoms with E-state index >= 15 is 0 Å². The van der Waals surface area contributed by atoms with E-state index in [9.17, 15) is 35.4 Å². The number of ether oxygens (including phenoxy) is 4. The van der Waals surface area contributed by atoms with Gasteiger partial charge in [0.25, 0.3) is 0 Å². The first-order valence-corrected chi connectivity index (χ1v) is 7.96. The van der Waals surface area contributed by atoms with Gasteiger partial charge in [-0.1, -0.05) is 0 Å². The van der Waals surface area contributed by atoms with Crippen LogP contribution in [0.4, 0.5) is 0 Å². The summed E-state index contributed by atoms with van der Waals surface area (Å²) < 4.78 is 20.2. The lowest BCUT2D eigenvalue weighted by molar-refractivity contribution is -0.362. The molecule has 4 unspecified atom stereocenters. The van der Waals surface area contributed by atoms with Crippen LogP contribution in [0.15, 0.2) is 0 Å². The maximum Gasteiger partial charge on any atom is 0.303 e. The number of hydrogen-bond donors (Lipinski definition) is 7. The Bertz CT molecular complexity index is 473. The summed E-state index contributed by atoms with van der Waals surface area (Å²) in [4.78, 5) is 11.1. The van der Waals surface area contributed by atoms with Gasteiger partial charge >= 0.3 is 5.97 Å². The molecule has 0 aliphatic carbocycles. The van der Waals surface area contributed by atoms with Gasteiger partial charge in [0.05, 0.1) is 13.2 Å². The molecule has 0 aromatic carbocycles. The molecule has 2 heterocycles. The molecule has 0 radical (unpaired) electrons. The van der Waals surface area contributed by atoms with E-state index in [0.29, 0.717) is 0 Å². The highest BCUT2D eigenvalue weighted by Gasteiger charge is 2.51. The summed E-state index contributed by atoms with van der Waals surface area (Å²) >= 11 is 0. The molecule has 12 nitrogen and oxygen atoms in total. The van der Waals surface area contributed by atoms with Gasteiger partial charge < -0.3 is 54.7 Å². The molecule has 2 aliphatic rings. The number of carbonyl (C=O) groups excluding carboxylic acids is 1. The van der Waals surface area contributed by atoms with Crippen LogP contribution in [0.3, 0.4) is 0 Å². The van der Waals surface area contributed by atoms with E-state index in [-0.39, 0.29) is 0 Å². The van der Waals surface area contributed by atoms with Gasteiger partial charge in [0, 0.05) is 6.92 Å². The molecule has 2 saturated heterocycles. The van der Waals surface area contributed by atoms with Crippen molar-refractivity contribution >= 4 is 5.97 Å². The van der Waals surface area contributed by atoms with Crippen LogP contribution in [-0.4, -0.2) is 116 Å². The standard InChI is InChI=1S/C14H24O12/c1-4(17)23-11-6(3-16)25-14(10(21)9(11)20)26-12-8(19)7(18)5(2-15)24-13(12)22/h5-16,18-22H,2-3H2,1H3/t5?,6?,7-,8?,9?,10+,11-,12+,13-,14+/m1/s1. The largest absolute Gasteiger partial charge is 0.457 e. The summed E-state index contributed by atoms with van der Waals surface area (Å²) in [5.41, 5.74) is 0. The zero-order chi connectivity index (χ0) is 19.6.